The third-order valence-electron chi connectivity index (χ3n) is 5.66. The highest BCUT2D eigenvalue weighted by atomic mass is 16.6. The fourth-order valence-corrected chi connectivity index (χ4v) is 4.15. The van der Waals surface area contributed by atoms with Gasteiger partial charge in [0, 0.05) is 50.9 Å². The molecule has 0 saturated carbocycles. The highest BCUT2D eigenvalue weighted by Gasteiger charge is 2.45. The Morgan fingerprint density at radius 3 is 2.76 bits per heavy atom. The molecule has 0 aromatic carbocycles. The zero-order valence-electron chi connectivity index (χ0n) is 14.6. The lowest BCUT2D eigenvalue weighted by atomic mass is 9.87. The van der Waals surface area contributed by atoms with E-state index in [1.165, 1.54) is 0 Å². The summed E-state index contributed by atoms with van der Waals surface area (Å²) in [6.45, 7) is 3.59. The molecule has 136 valence electrons. The number of carbonyl (C=O) groups is 1. The van der Waals surface area contributed by atoms with Gasteiger partial charge in [0.1, 0.15) is 6.10 Å². The molecule has 0 radical (unpaired) electrons. The molecule has 0 bridgehead atoms. The van der Waals surface area contributed by atoms with Crippen molar-refractivity contribution < 1.29 is 19.0 Å². The summed E-state index contributed by atoms with van der Waals surface area (Å²) in [5.74, 6) is 1.10. The average molecular weight is 346 g/mol. The molecule has 6 heteroatoms. The Kier molecular flexibility index (Phi) is 4.90. The number of piperidine rings is 1. The van der Waals surface area contributed by atoms with Crippen LogP contribution in [0.3, 0.4) is 0 Å². The van der Waals surface area contributed by atoms with Crippen molar-refractivity contribution in [2.45, 2.75) is 43.8 Å². The number of likely N-dealkylation sites (tertiary alicyclic amines) is 1. The molecule has 1 atom stereocenters. The number of carbonyl (C=O) groups excluding carboxylic acids is 1. The topological polar surface area (TPSA) is 60.9 Å². The molecule has 4 rings (SSSR count). The Morgan fingerprint density at radius 2 is 2.04 bits per heavy atom. The van der Waals surface area contributed by atoms with Crippen molar-refractivity contribution in [3.8, 4) is 5.88 Å². The number of rotatable bonds is 3. The van der Waals surface area contributed by atoms with E-state index in [4.69, 9.17) is 14.2 Å². The predicted molar refractivity (Wildman–Crippen MR) is 91.3 cm³/mol. The van der Waals surface area contributed by atoms with Gasteiger partial charge in [-0.2, -0.15) is 0 Å². The Morgan fingerprint density at radius 1 is 1.24 bits per heavy atom. The number of pyridine rings is 1. The molecule has 3 aliphatic heterocycles. The lowest BCUT2D eigenvalue weighted by Crippen LogP contribution is -2.49. The van der Waals surface area contributed by atoms with Crippen molar-refractivity contribution in [3.05, 3.63) is 24.4 Å². The lowest BCUT2D eigenvalue weighted by Gasteiger charge is -2.40. The van der Waals surface area contributed by atoms with Gasteiger partial charge in [0.2, 0.25) is 11.8 Å². The number of hydrogen-bond acceptors (Lipinski definition) is 5. The summed E-state index contributed by atoms with van der Waals surface area (Å²) in [7, 11) is 0. The highest BCUT2D eigenvalue weighted by molar-refractivity contribution is 5.79. The van der Waals surface area contributed by atoms with Gasteiger partial charge in [-0.25, -0.2) is 4.98 Å². The predicted octanol–water partition coefficient (Wildman–Crippen LogP) is 2.04. The smallest absolute Gasteiger partial charge is 0.225 e. The minimum atomic E-state index is -0.133. The molecule has 0 N–H and O–H groups in total. The molecule has 1 amide bonds. The van der Waals surface area contributed by atoms with Crippen LogP contribution >= 0.6 is 0 Å². The summed E-state index contributed by atoms with van der Waals surface area (Å²) in [4.78, 5) is 18.9. The molecule has 4 heterocycles. The molecule has 6 nitrogen and oxygen atoms in total. The SMILES string of the molecule is O=C(C1CCOCC1)N1CCC2(CC1)C[C@@H](Oc1ccccn1)CO2. The first-order valence-electron chi connectivity index (χ1n) is 9.32. The van der Waals surface area contributed by atoms with E-state index >= 15 is 0 Å². The molecule has 1 spiro atoms. The number of aromatic nitrogens is 1. The van der Waals surface area contributed by atoms with Crippen LogP contribution in [0.1, 0.15) is 32.1 Å². The second-order valence-electron chi connectivity index (χ2n) is 7.32. The van der Waals surface area contributed by atoms with E-state index in [0.29, 0.717) is 31.6 Å². The van der Waals surface area contributed by atoms with Gasteiger partial charge < -0.3 is 19.1 Å². The standard InChI is InChI=1S/C19H26N2O4/c22-18(15-4-11-23-12-5-15)21-9-6-19(7-10-21)13-16(14-24-19)25-17-3-1-2-8-20-17/h1-3,8,15-16H,4-7,9-14H2/t16-/m1/s1. The van der Waals surface area contributed by atoms with Crippen LogP contribution < -0.4 is 4.74 Å². The van der Waals surface area contributed by atoms with Crippen molar-refractivity contribution in [3.63, 3.8) is 0 Å². The molecule has 3 fully saturated rings. The molecule has 3 aliphatic rings. The van der Waals surface area contributed by atoms with Crippen LogP contribution in [-0.4, -0.2) is 60.4 Å². The van der Waals surface area contributed by atoms with Gasteiger partial charge in [-0.15, -0.1) is 0 Å². The molecular weight excluding hydrogens is 320 g/mol. The van der Waals surface area contributed by atoms with Crippen LogP contribution in [0.15, 0.2) is 24.4 Å². The Hall–Kier alpha value is -1.66. The van der Waals surface area contributed by atoms with Gasteiger partial charge in [-0.1, -0.05) is 6.07 Å². The summed E-state index contributed by atoms with van der Waals surface area (Å²) >= 11 is 0. The number of nitrogens with zero attached hydrogens (tertiary/aromatic N) is 2. The van der Waals surface area contributed by atoms with E-state index in [0.717, 1.165) is 45.2 Å². The summed E-state index contributed by atoms with van der Waals surface area (Å²) in [5, 5.41) is 0. The number of hydrogen-bond donors (Lipinski definition) is 0. The largest absolute Gasteiger partial charge is 0.472 e. The third kappa shape index (κ3) is 3.80. The van der Waals surface area contributed by atoms with Crippen LogP contribution in [0.4, 0.5) is 0 Å². The Bertz CT molecular complexity index is 580. The van der Waals surface area contributed by atoms with Gasteiger partial charge >= 0.3 is 0 Å². The van der Waals surface area contributed by atoms with E-state index in [1.54, 1.807) is 6.20 Å². The summed E-state index contributed by atoms with van der Waals surface area (Å²) in [6.07, 6.45) is 6.17. The molecule has 0 aliphatic carbocycles. The van der Waals surface area contributed by atoms with Crippen LogP contribution in [-0.2, 0) is 14.3 Å². The van der Waals surface area contributed by atoms with E-state index in [1.807, 2.05) is 23.1 Å². The Labute approximate surface area is 148 Å². The molecule has 25 heavy (non-hydrogen) atoms. The van der Waals surface area contributed by atoms with Crippen LogP contribution in [0, 0.1) is 5.92 Å². The van der Waals surface area contributed by atoms with E-state index in [2.05, 4.69) is 4.98 Å². The second-order valence-corrected chi connectivity index (χ2v) is 7.32. The van der Waals surface area contributed by atoms with Gasteiger partial charge in [-0.3, -0.25) is 4.79 Å². The minimum Gasteiger partial charge on any atom is -0.472 e. The van der Waals surface area contributed by atoms with Crippen LogP contribution in [0.2, 0.25) is 0 Å². The lowest BCUT2D eigenvalue weighted by molar-refractivity contribution is -0.143. The molecule has 1 aromatic rings. The fourth-order valence-electron chi connectivity index (χ4n) is 4.15. The van der Waals surface area contributed by atoms with Gasteiger partial charge in [0.15, 0.2) is 0 Å². The highest BCUT2D eigenvalue weighted by Crippen LogP contribution is 2.37. The maximum atomic E-state index is 12.7. The van der Waals surface area contributed by atoms with E-state index in [-0.39, 0.29) is 17.6 Å². The summed E-state index contributed by atoms with van der Waals surface area (Å²) in [5.41, 5.74) is -0.133. The first-order valence-corrected chi connectivity index (χ1v) is 9.32. The first kappa shape index (κ1) is 16.8. The molecule has 3 saturated heterocycles. The van der Waals surface area contributed by atoms with Gasteiger partial charge in [0.25, 0.3) is 0 Å². The fraction of sp³-hybridized carbons (Fsp3) is 0.684. The number of amides is 1. The maximum absolute atomic E-state index is 12.7. The third-order valence-corrected chi connectivity index (χ3v) is 5.66. The molecule has 0 unspecified atom stereocenters. The van der Waals surface area contributed by atoms with Gasteiger partial charge in [-0.05, 0) is 31.7 Å². The zero-order chi connectivity index (χ0) is 17.1. The molecule has 1 aromatic heterocycles. The summed E-state index contributed by atoms with van der Waals surface area (Å²) in [6, 6.07) is 5.68. The van der Waals surface area contributed by atoms with Crippen molar-refractivity contribution in [1.29, 1.82) is 0 Å². The van der Waals surface area contributed by atoms with Crippen LogP contribution in [0.5, 0.6) is 5.88 Å². The van der Waals surface area contributed by atoms with Crippen molar-refractivity contribution in [2.75, 3.05) is 32.9 Å². The van der Waals surface area contributed by atoms with Crippen molar-refractivity contribution in [1.82, 2.24) is 9.88 Å². The Balaban J connectivity index is 1.29. The monoisotopic (exact) mass is 346 g/mol. The van der Waals surface area contributed by atoms with Gasteiger partial charge in [0.05, 0.1) is 12.2 Å². The molecular formula is C19H26N2O4. The van der Waals surface area contributed by atoms with Crippen molar-refractivity contribution in [2.24, 2.45) is 5.92 Å². The number of ether oxygens (including phenoxy) is 3. The van der Waals surface area contributed by atoms with Crippen LogP contribution in [0.25, 0.3) is 0 Å². The average Bonchev–Trinajstić information content (AvgIpc) is 3.05. The maximum Gasteiger partial charge on any atom is 0.225 e. The zero-order valence-corrected chi connectivity index (χ0v) is 14.6. The summed E-state index contributed by atoms with van der Waals surface area (Å²) < 4.78 is 17.4. The van der Waals surface area contributed by atoms with Crippen molar-refractivity contribution >= 4 is 5.91 Å². The normalized spacial score (nSPS) is 26.7. The second kappa shape index (κ2) is 7.30. The first-order chi connectivity index (χ1) is 12.2. The quantitative estimate of drug-likeness (QED) is 0.838. The van der Waals surface area contributed by atoms with E-state index < -0.39 is 0 Å². The minimum absolute atomic E-state index is 0.0487. The van der Waals surface area contributed by atoms with E-state index in [9.17, 15) is 4.79 Å².